The van der Waals surface area contributed by atoms with Crippen molar-refractivity contribution in [1.82, 2.24) is 5.32 Å². The summed E-state index contributed by atoms with van der Waals surface area (Å²) in [6.45, 7) is 0.232. The van der Waals surface area contributed by atoms with Gasteiger partial charge in [-0.15, -0.1) is 11.6 Å². The number of nitrogens with one attached hydrogen (secondary N) is 1. The van der Waals surface area contributed by atoms with Crippen LogP contribution in [0.25, 0.3) is 0 Å². The Labute approximate surface area is 119 Å². The Bertz CT molecular complexity index is 452. The van der Waals surface area contributed by atoms with Gasteiger partial charge >= 0.3 is 0 Å². The van der Waals surface area contributed by atoms with E-state index in [-0.39, 0.29) is 17.7 Å². The Kier molecular flexibility index (Phi) is 6.48. The zero-order chi connectivity index (χ0) is 14.4. The van der Waals surface area contributed by atoms with Gasteiger partial charge in [-0.1, -0.05) is 11.6 Å². The maximum Gasteiger partial charge on any atom is 0.254 e. The first-order chi connectivity index (χ1) is 8.99. The van der Waals surface area contributed by atoms with E-state index in [2.05, 4.69) is 5.32 Å². The number of alkyl halides is 1. The number of hydrogen-bond acceptors (Lipinski definition) is 2. The molecule has 0 saturated heterocycles. The van der Waals surface area contributed by atoms with E-state index in [0.717, 1.165) is 12.1 Å². The van der Waals surface area contributed by atoms with Crippen molar-refractivity contribution < 1.29 is 18.3 Å². The number of rotatable bonds is 6. The average molecular weight is 312 g/mol. The smallest absolute Gasteiger partial charge is 0.254 e. The SMILES string of the molecule is COCC(CCCl)NC(=O)c1cc(F)c(Cl)cc1F. The molecule has 1 rings (SSSR count). The number of carbonyl (C=O) groups is 1. The third-order valence-electron chi connectivity index (χ3n) is 2.42. The Balaban J connectivity index is 2.84. The molecule has 1 atom stereocenters. The zero-order valence-corrected chi connectivity index (χ0v) is 11.7. The maximum absolute atomic E-state index is 13.5. The summed E-state index contributed by atoms with van der Waals surface area (Å²) in [5.41, 5.74) is -0.405. The molecule has 7 heteroatoms. The van der Waals surface area contributed by atoms with E-state index < -0.39 is 23.1 Å². The molecule has 1 aromatic carbocycles. The third kappa shape index (κ3) is 4.60. The molecule has 0 aliphatic rings. The number of methoxy groups -OCH3 is 1. The predicted octanol–water partition coefficient (Wildman–Crippen LogP) is 2.99. The third-order valence-corrected chi connectivity index (χ3v) is 2.92. The largest absolute Gasteiger partial charge is 0.383 e. The van der Waals surface area contributed by atoms with Gasteiger partial charge in [-0.3, -0.25) is 4.79 Å². The quantitative estimate of drug-likeness (QED) is 0.648. The van der Waals surface area contributed by atoms with Crippen molar-refractivity contribution in [3.8, 4) is 0 Å². The van der Waals surface area contributed by atoms with Gasteiger partial charge in [0.05, 0.1) is 23.2 Å². The highest BCUT2D eigenvalue weighted by atomic mass is 35.5. The van der Waals surface area contributed by atoms with Crippen LogP contribution in [0.2, 0.25) is 5.02 Å². The van der Waals surface area contributed by atoms with Crippen molar-refractivity contribution >= 4 is 29.1 Å². The van der Waals surface area contributed by atoms with Gasteiger partial charge in [0.1, 0.15) is 11.6 Å². The van der Waals surface area contributed by atoms with E-state index in [1.54, 1.807) is 0 Å². The molecule has 106 valence electrons. The van der Waals surface area contributed by atoms with Crippen LogP contribution < -0.4 is 5.32 Å². The molecule has 0 heterocycles. The molecule has 0 bridgehead atoms. The topological polar surface area (TPSA) is 38.3 Å². The van der Waals surface area contributed by atoms with Crippen molar-refractivity contribution in [2.45, 2.75) is 12.5 Å². The first-order valence-electron chi connectivity index (χ1n) is 5.50. The molecule has 0 radical (unpaired) electrons. The molecule has 0 aliphatic carbocycles. The van der Waals surface area contributed by atoms with Crippen LogP contribution in [0.15, 0.2) is 12.1 Å². The van der Waals surface area contributed by atoms with Crippen LogP contribution >= 0.6 is 23.2 Å². The lowest BCUT2D eigenvalue weighted by atomic mass is 10.1. The molecular formula is C12H13Cl2F2NO2. The van der Waals surface area contributed by atoms with Gasteiger partial charge in [0.25, 0.3) is 5.91 Å². The molecule has 1 aromatic rings. The van der Waals surface area contributed by atoms with E-state index in [4.69, 9.17) is 27.9 Å². The van der Waals surface area contributed by atoms with Crippen molar-refractivity contribution in [2.24, 2.45) is 0 Å². The van der Waals surface area contributed by atoms with E-state index in [1.807, 2.05) is 0 Å². The molecule has 3 nitrogen and oxygen atoms in total. The van der Waals surface area contributed by atoms with Gasteiger partial charge in [0.2, 0.25) is 0 Å². The minimum Gasteiger partial charge on any atom is -0.383 e. The number of ether oxygens (including phenoxy) is 1. The van der Waals surface area contributed by atoms with Gasteiger partial charge in [-0.05, 0) is 18.6 Å². The summed E-state index contributed by atoms with van der Waals surface area (Å²) >= 11 is 11.0. The summed E-state index contributed by atoms with van der Waals surface area (Å²) in [6.07, 6.45) is 0.457. The van der Waals surface area contributed by atoms with Crippen LogP contribution in [0, 0.1) is 11.6 Å². The summed E-state index contributed by atoms with van der Waals surface area (Å²) in [6, 6.07) is 1.16. The molecule has 0 aromatic heterocycles. The minimum atomic E-state index is -0.883. The van der Waals surface area contributed by atoms with E-state index in [1.165, 1.54) is 7.11 Å². The van der Waals surface area contributed by atoms with Gasteiger partial charge in [0.15, 0.2) is 0 Å². The van der Waals surface area contributed by atoms with Crippen LogP contribution in [-0.4, -0.2) is 31.5 Å². The lowest BCUT2D eigenvalue weighted by Crippen LogP contribution is -2.38. The Morgan fingerprint density at radius 1 is 1.42 bits per heavy atom. The lowest BCUT2D eigenvalue weighted by Gasteiger charge is -2.17. The number of benzene rings is 1. The summed E-state index contributed by atoms with van der Waals surface area (Å²) in [5.74, 6) is -2.16. The highest BCUT2D eigenvalue weighted by Gasteiger charge is 2.18. The standard InChI is InChI=1S/C12H13Cl2F2NO2/c1-19-6-7(2-3-13)17-12(18)8-4-11(16)9(14)5-10(8)15/h4-5,7H,2-3,6H2,1H3,(H,17,18). The maximum atomic E-state index is 13.5. The van der Waals surface area contributed by atoms with Gasteiger partial charge in [0, 0.05) is 13.0 Å². The minimum absolute atomic E-state index is 0.232. The Morgan fingerprint density at radius 3 is 2.68 bits per heavy atom. The van der Waals surface area contributed by atoms with Crippen molar-refractivity contribution in [3.05, 3.63) is 34.4 Å². The van der Waals surface area contributed by atoms with Gasteiger partial charge < -0.3 is 10.1 Å². The molecule has 1 unspecified atom stereocenters. The van der Waals surface area contributed by atoms with E-state index in [0.29, 0.717) is 12.3 Å². The van der Waals surface area contributed by atoms with Gasteiger partial charge in [-0.2, -0.15) is 0 Å². The molecule has 0 saturated carbocycles. The van der Waals surface area contributed by atoms with E-state index >= 15 is 0 Å². The molecule has 0 spiro atoms. The van der Waals surface area contributed by atoms with E-state index in [9.17, 15) is 13.6 Å². The normalized spacial score (nSPS) is 12.3. The summed E-state index contributed by atoms with van der Waals surface area (Å²) in [4.78, 5) is 11.8. The Morgan fingerprint density at radius 2 is 2.11 bits per heavy atom. The summed E-state index contributed by atoms with van der Waals surface area (Å²) in [5, 5.41) is 2.15. The monoisotopic (exact) mass is 311 g/mol. The van der Waals surface area contributed by atoms with Crippen LogP contribution in [0.4, 0.5) is 8.78 Å². The lowest BCUT2D eigenvalue weighted by molar-refractivity contribution is 0.0890. The average Bonchev–Trinajstić information content (AvgIpc) is 2.34. The highest BCUT2D eigenvalue weighted by Crippen LogP contribution is 2.19. The molecule has 19 heavy (non-hydrogen) atoms. The number of hydrogen-bond donors (Lipinski definition) is 1. The fourth-order valence-electron chi connectivity index (χ4n) is 1.49. The second-order valence-electron chi connectivity index (χ2n) is 3.85. The van der Waals surface area contributed by atoms with Gasteiger partial charge in [-0.25, -0.2) is 8.78 Å². The molecule has 1 amide bonds. The van der Waals surface area contributed by atoms with Crippen molar-refractivity contribution in [2.75, 3.05) is 19.6 Å². The summed E-state index contributed by atoms with van der Waals surface area (Å²) in [7, 11) is 1.47. The number of amides is 1. The van der Waals surface area contributed by atoms with Crippen molar-refractivity contribution in [1.29, 1.82) is 0 Å². The van der Waals surface area contributed by atoms with Crippen molar-refractivity contribution in [3.63, 3.8) is 0 Å². The second-order valence-corrected chi connectivity index (χ2v) is 4.63. The Hall–Kier alpha value is -0.910. The van der Waals surface area contributed by atoms with Crippen LogP contribution in [-0.2, 0) is 4.74 Å². The summed E-state index contributed by atoms with van der Waals surface area (Å²) < 4.78 is 31.7. The molecule has 0 aliphatic heterocycles. The first kappa shape index (κ1) is 16.1. The molecule has 0 fully saturated rings. The van der Waals surface area contributed by atoms with Crippen LogP contribution in [0.1, 0.15) is 16.8 Å². The fourth-order valence-corrected chi connectivity index (χ4v) is 1.90. The highest BCUT2D eigenvalue weighted by molar-refractivity contribution is 6.30. The van der Waals surface area contributed by atoms with Crippen LogP contribution in [0.3, 0.4) is 0 Å². The van der Waals surface area contributed by atoms with Crippen LogP contribution in [0.5, 0.6) is 0 Å². The molecular weight excluding hydrogens is 299 g/mol. The predicted molar refractivity (Wildman–Crippen MR) is 69.8 cm³/mol. The fraction of sp³-hybridized carbons (Fsp3) is 0.417. The number of carbonyl (C=O) groups excluding carboxylic acids is 1. The number of halogens is 4. The zero-order valence-electron chi connectivity index (χ0n) is 10.2. The second kappa shape index (κ2) is 7.62. The first-order valence-corrected chi connectivity index (χ1v) is 6.41. The molecule has 1 N–H and O–H groups in total.